The number of nitrogens with one attached hydrogen (secondary N) is 1. The van der Waals surface area contributed by atoms with E-state index in [4.69, 9.17) is 21.1 Å². The van der Waals surface area contributed by atoms with Gasteiger partial charge in [0, 0.05) is 30.6 Å². The minimum absolute atomic E-state index is 0.0433. The van der Waals surface area contributed by atoms with Crippen molar-refractivity contribution < 1.29 is 27.5 Å². The lowest BCUT2D eigenvalue weighted by Crippen LogP contribution is -2.53. The van der Waals surface area contributed by atoms with Crippen LogP contribution in [0.5, 0.6) is 11.5 Å². The number of methoxy groups -OCH3 is 2. The Hall–Kier alpha value is -4.54. The minimum atomic E-state index is -4.31. The summed E-state index contributed by atoms with van der Waals surface area (Å²) in [5, 5.41) is 3.51. The van der Waals surface area contributed by atoms with Crippen LogP contribution in [0.2, 0.25) is 5.02 Å². The summed E-state index contributed by atoms with van der Waals surface area (Å²) in [7, 11) is -1.44. The fraction of sp³-hybridized carbons (Fsp3) is 0.278. The molecule has 4 aromatic carbocycles. The second-order valence-corrected chi connectivity index (χ2v) is 13.7. The standard InChI is InChI=1S/C36H40ClN3O6S/c1-26(2)23-38-36(42)32(21-27-11-7-5-8-12-27)39(24-28-15-17-29(37)18-16-28)35(41)25-40(30-13-9-6-10-14-30)47(43,44)31-19-20-33(45-3)34(22-31)46-4/h5-20,22,26,32H,21,23-25H2,1-4H3,(H,38,42). The number of amides is 2. The van der Waals surface area contributed by atoms with Gasteiger partial charge in [0.1, 0.15) is 12.6 Å². The molecule has 0 aromatic heterocycles. The van der Waals surface area contributed by atoms with Crippen molar-refractivity contribution in [3.8, 4) is 11.5 Å². The highest BCUT2D eigenvalue weighted by atomic mass is 35.5. The first-order valence-corrected chi connectivity index (χ1v) is 17.0. The van der Waals surface area contributed by atoms with Crippen molar-refractivity contribution >= 4 is 39.1 Å². The van der Waals surface area contributed by atoms with Crippen LogP contribution in [0.1, 0.15) is 25.0 Å². The van der Waals surface area contributed by atoms with Crippen LogP contribution in [0.25, 0.3) is 0 Å². The van der Waals surface area contributed by atoms with Gasteiger partial charge in [-0.05, 0) is 53.4 Å². The number of carbonyl (C=O) groups is 2. The highest BCUT2D eigenvalue weighted by Gasteiger charge is 2.35. The third-order valence-corrected chi connectivity index (χ3v) is 9.51. The van der Waals surface area contributed by atoms with Crippen LogP contribution in [0.3, 0.4) is 0 Å². The van der Waals surface area contributed by atoms with E-state index in [9.17, 15) is 18.0 Å². The molecule has 0 fully saturated rings. The summed E-state index contributed by atoms with van der Waals surface area (Å²) in [6, 6.07) is 28.1. The first kappa shape index (κ1) is 35.3. The summed E-state index contributed by atoms with van der Waals surface area (Å²) in [6.45, 7) is 3.86. The molecular weight excluding hydrogens is 638 g/mol. The normalized spacial score (nSPS) is 11.9. The zero-order chi connectivity index (χ0) is 34.0. The second kappa shape index (κ2) is 16.3. The summed E-state index contributed by atoms with van der Waals surface area (Å²) in [4.78, 5) is 29.8. The molecule has 0 saturated heterocycles. The molecular formula is C36H40ClN3O6S. The predicted octanol–water partition coefficient (Wildman–Crippen LogP) is 5.96. The van der Waals surface area contributed by atoms with Crippen molar-refractivity contribution in [2.75, 3.05) is 31.6 Å². The molecule has 9 nitrogen and oxygen atoms in total. The number of para-hydroxylation sites is 1. The average molecular weight is 678 g/mol. The molecule has 0 saturated carbocycles. The number of ether oxygens (including phenoxy) is 2. The third kappa shape index (κ3) is 9.27. The van der Waals surface area contributed by atoms with E-state index in [2.05, 4.69) is 5.32 Å². The Bertz CT molecular complexity index is 1740. The fourth-order valence-electron chi connectivity index (χ4n) is 4.99. The number of anilines is 1. The Morgan fingerprint density at radius 3 is 2.02 bits per heavy atom. The predicted molar refractivity (Wildman–Crippen MR) is 184 cm³/mol. The van der Waals surface area contributed by atoms with Gasteiger partial charge in [-0.1, -0.05) is 86.1 Å². The van der Waals surface area contributed by atoms with E-state index in [1.54, 1.807) is 54.6 Å². The molecule has 1 unspecified atom stereocenters. The monoisotopic (exact) mass is 677 g/mol. The molecule has 0 aliphatic rings. The summed E-state index contributed by atoms with van der Waals surface area (Å²) < 4.78 is 40.3. The first-order valence-electron chi connectivity index (χ1n) is 15.2. The third-order valence-electron chi connectivity index (χ3n) is 7.49. The molecule has 4 aromatic rings. The first-order chi connectivity index (χ1) is 22.5. The number of sulfonamides is 1. The maximum atomic E-state index is 14.5. The van der Waals surface area contributed by atoms with Gasteiger partial charge in [0.25, 0.3) is 10.0 Å². The molecule has 0 heterocycles. The number of nitrogens with zero attached hydrogens (tertiary/aromatic N) is 2. The Kier molecular flexibility index (Phi) is 12.3. The van der Waals surface area contributed by atoms with Gasteiger partial charge < -0.3 is 19.7 Å². The van der Waals surface area contributed by atoms with Gasteiger partial charge in [-0.25, -0.2) is 8.42 Å². The Morgan fingerprint density at radius 2 is 1.43 bits per heavy atom. The topological polar surface area (TPSA) is 105 Å². The number of benzene rings is 4. The van der Waals surface area contributed by atoms with Gasteiger partial charge in [-0.2, -0.15) is 0 Å². The molecule has 2 amide bonds. The molecule has 0 spiro atoms. The zero-order valence-corrected chi connectivity index (χ0v) is 28.5. The van der Waals surface area contributed by atoms with Crippen LogP contribution in [-0.2, 0) is 32.6 Å². The maximum Gasteiger partial charge on any atom is 0.264 e. The van der Waals surface area contributed by atoms with E-state index in [0.29, 0.717) is 17.3 Å². The van der Waals surface area contributed by atoms with Gasteiger partial charge in [-0.3, -0.25) is 13.9 Å². The highest BCUT2D eigenvalue weighted by molar-refractivity contribution is 7.92. The van der Waals surface area contributed by atoms with Crippen molar-refractivity contribution in [3.63, 3.8) is 0 Å². The van der Waals surface area contributed by atoms with Crippen LogP contribution in [-0.4, -0.2) is 58.5 Å². The van der Waals surface area contributed by atoms with E-state index in [1.165, 1.54) is 37.3 Å². The Morgan fingerprint density at radius 1 is 0.809 bits per heavy atom. The van der Waals surface area contributed by atoms with Gasteiger partial charge in [0.2, 0.25) is 11.8 Å². The van der Waals surface area contributed by atoms with Crippen LogP contribution in [0, 0.1) is 5.92 Å². The SMILES string of the molecule is COc1ccc(S(=O)(=O)N(CC(=O)N(Cc2ccc(Cl)cc2)C(Cc2ccccc2)C(=O)NCC(C)C)c2ccccc2)cc1OC. The molecule has 1 atom stereocenters. The smallest absolute Gasteiger partial charge is 0.264 e. The van der Waals surface area contributed by atoms with Crippen LogP contribution in [0.4, 0.5) is 5.69 Å². The van der Waals surface area contributed by atoms with Crippen LogP contribution in [0.15, 0.2) is 108 Å². The number of halogens is 1. The van der Waals surface area contributed by atoms with E-state index in [-0.39, 0.29) is 41.1 Å². The minimum Gasteiger partial charge on any atom is -0.493 e. The summed E-state index contributed by atoms with van der Waals surface area (Å²) in [5.74, 6) is -0.134. The molecule has 11 heteroatoms. The Labute approximate surface area is 282 Å². The quantitative estimate of drug-likeness (QED) is 0.166. The average Bonchev–Trinajstić information content (AvgIpc) is 3.08. The van der Waals surface area contributed by atoms with Crippen molar-refractivity contribution in [1.82, 2.24) is 10.2 Å². The van der Waals surface area contributed by atoms with Crippen molar-refractivity contribution in [3.05, 3.63) is 119 Å². The molecule has 0 bridgehead atoms. The van der Waals surface area contributed by atoms with Crippen molar-refractivity contribution in [2.45, 2.75) is 37.8 Å². The number of carbonyl (C=O) groups excluding carboxylic acids is 2. The van der Waals surface area contributed by atoms with E-state index < -0.39 is 28.5 Å². The highest BCUT2D eigenvalue weighted by Crippen LogP contribution is 2.32. The van der Waals surface area contributed by atoms with Crippen molar-refractivity contribution in [1.29, 1.82) is 0 Å². The molecule has 0 aliphatic heterocycles. The summed E-state index contributed by atoms with van der Waals surface area (Å²) in [5.41, 5.74) is 1.86. The maximum absolute atomic E-state index is 14.5. The fourth-order valence-corrected chi connectivity index (χ4v) is 6.55. The lowest BCUT2D eigenvalue weighted by atomic mass is 10.0. The van der Waals surface area contributed by atoms with Gasteiger partial charge in [0.15, 0.2) is 11.5 Å². The number of hydrogen-bond acceptors (Lipinski definition) is 6. The zero-order valence-electron chi connectivity index (χ0n) is 26.9. The van der Waals surface area contributed by atoms with Crippen molar-refractivity contribution in [2.24, 2.45) is 5.92 Å². The van der Waals surface area contributed by atoms with E-state index >= 15 is 0 Å². The lowest BCUT2D eigenvalue weighted by molar-refractivity contribution is -0.140. The Balaban J connectivity index is 1.80. The van der Waals surface area contributed by atoms with Gasteiger partial charge >= 0.3 is 0 Å². The molecule has 4 rings (SSSR count). The summed E-state index contributed by atoms with van der Waals surface area (Å²) in [6.07, 6.45) is 0.220. The van der Waals surface area contributed by atoms with Crippen LogP contribution >= 0.6 is 11.6 Å². The molecule has 0 radical (unpaired) electrons. The number of rotatable bonds is 15. The molecule has 0 aliphatic carbocycles. The van der Waals surface area contributed by atoms with E-state index in [0.717, 1.165) is 15.4 Å². The lowest BCUT2D eigenvalue weighted by Gasteiger charge is -2.34. The molecule has 248 valence electrons. The van der Waals surface area contributed by atoms with E-state index in [1.807, 2.05) is 44.2 Å². The largest absolute Gasteiger partial charge is 0.493 e. The number of hydrogen-bond donors (Lipinski definition) is 1. The molecule has 1 N–H and O–H groups in total. The summed E-state index contributed by atoms with van der Waals surface area (Å²) >= 11 is 6.15. The van der Waals surface area contributed by atoms with Gasteiger partial charge in [-0.15, -0.1) is 0 Å². The van der Waals surface area contributed by atoms with Crippen LogP contribution < -0.4 is 19.1 Å². The second-order valence-electron chi connectivity index (χ2n) is 11.4. The van der Waals surface area contributed by atoms with Gasteiger partial charge in [0.05, 0.1) is 24.8 Å². The molecule has 47 heavy (non-hydrogen) atoms.